The Hall–Kier alpha value is -1.49. The summed E-state index contributed by atoms with van der Waals surface area (Å²) in [6.45, 7) is 0.133. The average molecular weight is 269 g/mol. The normalized spacial score (nSPS) is 15.1. The molecule has 1 aromatic carbocycles. The molecule has 3 nitrogen and oxygen atoms in total. The molecule has 0 bridgehead atoms. The second kappa shape index (κ2) is 6.10. The van der Waals surface area contributed by atoms with Crippen LogP contribution in [-0.4, -0.2) is 35.1 Å². The summed E-state index contributed by atoms with van der Waals surface area (Å²) in [5.41, 5.74) is 0.0623. The van der Waals surface area contributed by atoms with E-state index in [4.69, 9.17) is 5.11 Å². The molecular formula is C14H17F2NO2. The van der Waals surface area contributed by atoms with Gasteiger partial charge in [-0.25, -0.2) is 8.78 Å². The summed E-state index contributed by atoms with van der Waals surface area (Å²) >= 11 is 0. The number of benzene rings is 1. The van der Waals surface area contributed by atoms with Gasteiger partial charge in [0.25, 0.3) is 0 Å². The van der Waals surface area contributed by atoms with Crippen LogP contribution in [0, 0.1) is 11.6 Å². The number of carbonyl (C=O) groups is 1. The quantitative estimate of drug-likeness (QED) is 0.886. The van der Waals surface area contributed by atoms with Crippen LogP contribution in [0.3, 0.4) is 0 Å². The molecule has 0 radical (unpaired) electrons. The van der Waals surface area contributed by atoms with Gasteiger partial charge >= 0.3 is 0 Å². The molecule has 1 N–H and O–H groups in total. The molecule has 0 spiro atoms. The molecule has 104 valence electrons. The largest absolute Gasteiger partial charge is 0.395 e. The summed E-state index contributed by atoms with van der Waals surface area (Å²) in [5, 5.41) is 8.99. The molecule has 0 heterocycles. The van der Waals surface area contributed by atoms with E-state index < -0.39 is 11.6 Å². The number of nitrogens with zero attached hydrogens (tertiary/aromatic N) is 1. The molecule has 1 aliphatic rings. The van der Waals surface area contributed by atoms with Gasteiger partial charge in [-0.2, -0.15) is 0 Å². The summed E-state index contributed by atoms with van der Waals surface area (Å²) in [4.78, 5) is 13.7. The van der Waals surface area contributed by atoms with Crippen LogP contribution in [0.5, 0.6) is 0 Å². The molecule has 19 heavy (non-hydrogen) atoms. The van der Waals surface area contributed by atoms with Crippen molar-refractivity contribution in [1.82, 2.24) is 4.90 Å². The van der Waals surface area contributed by atoms with Gasteiger partial charge in [0.15, 0.2) is 11.6 Å². The lowest BCUT2D eigenvalue weighted by molar-refractivity contribution is -0.135. The van der Waals surface area contributed by atoms with E-state index in [-0.39, 0.29) is 37.1 Å². The van der Waals surface area contributed by atoms with Crippen LogP contribution in [-0.2, 0) is 11.2 Å². The lowest BCUT2D eigenvalue weighted by Crippen LogP contribution is -2.46. The molecule has 1 aliphatic carbocycles. The second-order valence-corrected chi connectivity index (χ2v) is 4.79. The van der Waals surface area contributed by atoms with Gasteiger partial charge in [-0.1, -0.05) is 12.1 Å². The van der Waals surface area contributed by atoms with Crippen LogP contribution in [0.25, 0.3) is 0 Å². The van der Waals surface area contributed by atoms with Crippen molar-refractivity contribution in [3.8, 4) is 0 Å². The first-order valence-corrected chi connectivity index (χ1v) is 6.46. The maximum absolute atomic E-state index is 13.5. The highest BCUT2D eigenvalue weighted by Gasteiger charge is 2.28. The van der Waals surface area contributed by atoms with Gasteiger partial charge in [0, 0.05) is 18.2 Å². The Kier molecular flexibility index (Phi) is 4.47. The number of aliphatic hydroxyl groups excluding tert-OH is 1. The third-order valence-electron chi connectivity index (χ3n) is 3.55. The van der Waals surface area contributed by atoms with E-state index in [2.05, 4.69) is 0 Å². The lowest BCUT2D eigenvalue weighted by atomic mass is 9.91. The highest BCUT2D eigenvalue weighted by atomic mass is 19.2. The second-order valence-electron chi connectivity index (χ2n) is 4.79. The number of rotatable bonds is 5. The molecule has 0 unspecified atom stereocenters. The summed E-state index contributed by atoms with van der Waals surface area (Å²) in [5.74, 6) is -2.17. The molecule has 2 rings (SSSR count). The van der Waals surface area contributed by atoms with Gasteiger partial charge in [-0.05, 0) is 25.3 Å². The Morgan fingerprint density at radius 2 is 2.11 bits per heavy atom. The van der Waals surface area contributed by atoms with Crippen molar-refractivity contribution >= 4 is 5.91 Å². The van der Waals surface area contributed by atoms with Gasteiger partial charge in [-0.3, -0.25) is 4.79 Å². The molecule has 5 heteroatoms. The SMILES string of the molecule is O=C(Cc1cccc(F)c1F)N(CCO)C1CCC1. The number of halogens is 2. The minimum atomic E-state index is -0.964. The van der Waals surface area contributed by atoms with Crippen LogP contribution in [0.2, 0.25) is 0 Å². The molecule has 0 aliphatic heterocycles. The zero-order valence-electron chi connectivity index (χ0n) is 10.6. The Balaban J connectivity index is 2.07. The molecule has 0 saturated heterocycles. The Bertz CT molecular complexity index is 461. The van der Waals surface area contributed by atoms with Gasteiger partial charge in [0.1, 0.15) is 0 Å². The zero-order chi connectivity index (χ0) is 13.8. The third-order valence-corrected chi connectivity index (χ3v) is 3.55. The fraction of sp³-hybridized carbons (Fsp3) is 0.500. The zero-order valence-corrected chi connectivity index (χ0v) is 10.6. The maximum Gasteiger partial charge on any atom is 0.227 e. The van der Waals surface area contributed by atoms with Crippen molar-refractivity contribution in [3.63, 3.8) is 0 Å². The number of hydrogen-bond acceptors (Lipinski definition) is 2. The van der Waals surface area contributed by atoms with E-state index in [1.807, 2.05) is 0 Å². The predicted octanol–water partition coefficient (Wildman–Crippen LogP) is 1.88. The topological polar surface area (TPSA) is 40.5 Å². The number of amides is 1. The lowest BCUT2D eigenvalue weighted by Gasteiger charge is -2.37. The van der Waals surface area contributed by atoms with Gasteiger partial charge in [-0.15, -0.1) is 0 Å². The van der Waals surface area contributed by atoms with Crippen molar-refractivity contribution in [2.24, 2.45) is 0 Å². The van der Waals surface area contributed by atoms with Gasteiger partial charge < -0.3 is 10.0 Å². The average Bonchev–Trinajstić information content (AvgIpc) is 2.32. The summed E-state index contributed by atoms with van der Waals surface area (Å²) in [7, 11) is 0. The fourth-order valence-electron chi connectivity index (χ4n) is 2.27. The molecule has 0 aromatic heterocycles. The van der Waals surface area contributed by atoms with Crippen molar-refractivity contribution in [2.45, 2.75) is 31.7 Å². The predicted molar refractivity (Wildman–Crippen MR) is 66.5 cm³/mol. The maximum atomic E-state index is 13.5. The van der Waals surface area contributed by atoms with Gasteiger partial charge in [0.05, 0.1) is 13.0 Å². The fourth-order valence-corrected chi connectivity index (χ4v) is 2.27. The highest BCUT2D eigenvalue weighted by Crippen LogP contribution is 2.25. The number of aliphatic hydroxyl groups is 1. The van der Waals surface area contributed by atoms with Crippen molar-refractivity contribution in [3.05, 3.63) is 35.4 Å². The number of carbonyl (C=O) groups excluding carboxylic acids is 1. The Morgan fingerprint density at radius 1 is 1.37 bits per heavy atom. The van der Waals surface area contributed by atoms with Crippen LogP contribution < -0.4 is 0 Å². The van der Waals surface area contributed by atoms with Crippen molar-refractivity contribution in [1.29, 1.82) is 0 Å². The Labute approximate surface area is 110 Å². The van der Waals surface area contributed by atoms with Crippen molar-refractivity contribution in [2.75, 3.05) is 13.2 Å². The highest BCUT2D eigenvalue weighted by molar-refractivity contribution is 5.79. The first-order chi connectivity index (χ1) is 9.13. The molecule has 1 aromatic rings. The van der Waals surface area contributed by atoms with Crippen LogP contribution >= 0.6 is 0 Å². The minimum Gasteiger partial charge on any atom is -0.395 e. The van der Waals surface area contributed by atoms with Crippen LogP contribution in [0.1, 0.15) is 24.8 Å². The smallest absolute Gasteiger partial charge is 0.227 e. The third kappa shape index (κ3) is 3.10. The van der Waals surface area contributed by atoms with Gasteiger partial charge in [0.2, 0.25) is 5.91 Å². The number of hydrogen-bond donors (Lipinski definition) is 1. The molecule has 1 amide bonds. The molecule has 1 saturated carbocycles. The molecular weight excluding hydrogens is 252 g/mol. The summed E-state index contributed by atoms with van der Waals surface area (Å²) < 4.78 is 26.6. The van der Waals surface area contributed by atoms with Crippen molar-refractivity contribution < 1.29 is 18.7 Å². The first kappa shape index (κ1) is 13.9. The van der Waals surface area contributed by atoms with Crippen LogP contribution in [0.4, 0.5) is 8.78 Å². The Morgan fingerprint density at radius 3 is 2.68 bits per heavy atom. The summed E-state index contributed by atoms with van der Waals surface area (Å²) in [6, 6.07) is 3.96. The van der Waals surface area contributed by atoms with E-state index >= 15 is 0 Å². The van der Waals surface area contributed by atoms with E-state index in [1.54, 1.807) is 4.90 Å². The van der Waals surface area contributed by atoms with Crippen LogP contribution in [0.15, 0.2) is 18.2 Å². The summed E-state index contributed by atoms with van der Waals surface area (Å²) in [6.07, 6.45) is 2.73. The molecule has 1 fully saturated rings. The minimum absolute atomic E-state index is 0.0623. The first-order valence-electron chi connectivity index (χ1n) is 6.46. The standard InChI is InChI=1S/C14H17F2NO2/c15-12-6-1-3-10(14(12)16)9-13(19)17(7-8-18)11-4-2-5-11/h1,3,6,11,18H,2,4-5,7-9H2. The van der Waals surface area contributed by atoms with E-state index in [0.717, 1.165) is 25.3 Å². The van der Waals surface area contributed by atoms with E-state index in [0.29, 0.717) is 0 Å². The molecule has 0 atom stereocenters. The van der Waals surface area contributed by atoms with E-state index in [9.17, 15) is 13.6 Å². The van der Waals surface area contributed by atoms with E-state index in [1.165, 1.54) is 12.1 Å². The monoisotopic (exact) mass is 269 g/mol.